The average Bonchev–Trinajstić information content (AvgIpc) is 3.41. The van der Waals surface area contributed by atoms with E-state index in [4.69, 9.17) is 18.9 Å². The van der Waals surface area contributed by atoms with Gasteiger partial charge in [-0.1, -0.05) is 0 Å². The van der Waals surface area contributed by atoms with Crippen LogP contribution in [0.2, 0.25) is 0 Å². The molecule has 4 heterocycles. The fraction of sp³-hybridized carbons (Fsp3) is 0.556. The highest BCUT2D eigenvalue weighted by Crippen LogP contribution is 2.66. The van der Waals surface area contributed by atoms with Crippen molar-refractivity contribution >= 4 is 47.0 Å². The smallest absolute Gasteiger partial charge is 0.246 e. The molecule has 0 N–H and O–H groups in total. The van der Waals surface area contributed by atoms with E-state index in [1.807, 2.05) is 81.7 Å². The van der Waals surface area contributed by atoms with Crippen LogP contribution in [0.15, 0.2) is 19.6 Å². The van der Waals surface area contributed by atoms with Crippen LogP contribution in [0.3, 0.4) is 0 Å². The number of rotatable bonds is 2. The van der Waals surface area contributed by atoms with Crippen LogP contribution in [0.5, 0.6) is 23.0 Å². The third kappa shape index (κ3) is 3.84. The summed E-state index contributed by atoms with van der Waals surface area (Å²) in [4.78, 5) is 5.66. The van der Waals surface area contributed by atoms with E-state index in [9.17, 15) is 0 Å². The summed E-state index contributed by atoms with van der Waals surface area (Å²) in [5.74, 6) is 1.66. The van der Waals surface area contributed by atoms with Gasteiger partial charge in [-0.3, -0.25) is 0 Å². The highest BCUT2D eigenvalue weighted by Gasteiger charge is 2.46. The standard InChI is InChI=1S/C27H32O4S4/c1-12-16-18(30-24(3,4)28-16)14(19-17(12)29-25(5,6)31-19)11-15-22-20(32-26(7,8)34-22)13(2)21-23(15)35-27(9,10)33-21/h11H2,1-10H3. The minimum absolute atomic E-state index is 0.0994. The minimum Gasteiger partial charge on any atom is -0.449 e. The number of ether oxygens (including phenoxy) is 4. The molecule has 4 aliphatic heterocycles. The van der Waals surface area contributed by atoms with Crippen molar-refractivity contribution in [2.75, 3.05) is 0 Å². The summed E-state index contributed by atoms with van der Waals surface area (Å²) >= 11 is 7.95. The summed E-state index contributed by atoms with van der Waals surface area (Å²) in [6.07, 6.45) is 0.710. The van der Waals surface area contributed by atoms with Gasteiger partial charge in [-0.2, -0.15) is 0 Å². The van der Waals surface area contributed by atoms with Crippen molar-refractivity contribution in [2.45, 2.75) is 115 Å². The van der Waals surface area contributed by atoms with Crippen molar-refractivity contribution in [1.82, 2.24) is 0 Å². The van der Waals surface area contributed by atoms with E-state index in [-0.39, 0.29) is 8.16 Å². The maximum Gasteiger partial charge on any atom is 0.246 e. The molecule has 0 aliphatic carbocycles. The van der Waals surface area contributed by atoms with Crippen molar-refractivity contribution in [2.24, 2.45) is 0 Å². The molecular formula is C27H32O4S4. The summed E-state index contributed by atoms with van der Waals surface area (Å²) in [5.41, 5.74) is 4.76. The fourth-order valence-electron chi connectivity index (χ4n) is 5.11. The molecule has 6 rings (SSSR count). The van der Waals surface area contributed by atoms with Gasteiger partial charge in [0.15, 0.2) is 23.0 Å². The molecule has 0 saturated carbocycles. The van der Waals surface area contributed by atoms with Gasteiger partial charge in [-0.05, 0) is 52.7 Å². The molecule has 35 heavy (non-hydrogen) atoms. The van der Waals surface area contributed by atoms with Gasteiger partial charge in [0.1, 0.15) is 0 Å². The third-order valence-corrected chi connectivity index (χ3v) is 12.4. The van der Waals surface area contributed by atoms with Crippen molar-refractivity contribution in [1.29, 1.82) is 0 Å². The van der Waals surface area contributed by atoms with Gasteiger partial charge in [0, 0.05) is 64.8 Å². The van der Waals surface area contributed by atoms with Crippen LogP contribution in [-0.4, -0.2) is 19.7 Å². The van der Waals surface area contributed by atoms with Crippen molar-refractivity contribution in [3.8, 4) is 23.0 Å². The summed E-state index contributed by atoms with van der Waals surface area (Å²) in [5, 5.41) is 0. The number of benzene rings is 2. The molecule has 188 valence electrons. The summed E-state index contributed by atoms with van der Waals surface area (Å²) in [6.45, 7) is 21.4. The van der Waals surface area contributed by atoms with Gasteiger partial charge < -0.3 is 18.9 Å². The van der Waals surface area contributed by atoms with E-state index in [0.717, 1.165) is 34.1 Å². The number of fused-ring (bicyclic) bond motifs is 4. The Bertz CT molecular complexity index is 1120. The second-order valence-electron chi connectivity index (χ2n) is 11.4. The van der Waals surface area contributed by atoms with E-state index >= 15 is 0 Å². The molecule has 8 heteroatoms. The predicted molar refractivity (Wildman–Crippen MR) is 147 cm³/mol. The Morgan fingerprint density at radius 2 is 0.857 bits per heavy atom. The van der Waals surface area contributed by atoms with Gasteiger partial charge in [0.25, 0.3) is 0 Å². The van der Waals surface area contributed by atoms with E-state index in [1.165, 1.54) is 30.7 Å². The molecule has 0 saturated heterocycles. The molecule has 0 aromatic heterocycles. The van der Waals surface area contributed by atoms with Gasteiger partial charge in [0.05, 0.1) is 8.16 Å². The molecule has 4 nitrogen and oxygen atoms in total. The summed E-state index contributed by atoms with van der Waals surface area (Å²) in [6, 6.07) is 0. The SMILES string of the molecule is Cc1c2c(c(Cc3c4c(c(C)c5c3SC(C)(C)S5)SC(C)(C)S4)c3c1OC(C)(C)O3)OC(C)(C)O2. The van der Waals surface area contributed by atoms with Gasteiger partial charge in [-0.25, -0.2) is 0 Å². The van der Waals surface area contributed by atoms with Crippen molar-refractivity contribution < 1.29 is 18.9 Å². The molecule has 0 bridgehead atoms. The third-order valence-electron chi connectivity index (χ3n) is 6.42. The van der Waals surface area contributed by atoms with E-state index in [2.05, 4.69) is 34.6 Å². The van der Waals surface area contributed by atoms with Gasteiger partial charge in [0.2, 0.25) is 11.6 Å². The molecule has 0 radical (unpaired) electrons. The van der Waals surface area contributed by atoms with Gasteiger partial charge in [-0.15, -0.1) is 47.0 Å². The normalized spacial score (nSPS) is 22.9. The Labute approximate surface area is 225 Å². The summed E-state index contributed by atoms with van der Waals surface area (Å²) in [7, 11) is 0. The van der Waals surface area contributed by atoms with Gasteiger partial charge >= 0.3 is 0 Å². The van der Waals surface area contributed by atoms with E-state index in [0.29, 0.717) is 6.42 Å². The molecule has 0 spiro atoms. The molecule has 0 unspecified atom stereocenters. The first-order valence-corrected chi connectivity index (χ1v) is 15.2. The van der Waals surface area contributed by atoms with E-state index < -0.39 is 11.6 Å². The Morgan fingerprint density at radius 1 is 0.486 bits per heavy atom. The largest absolute Gasteiger partial charge is 0.449 e. The Kier molecular flexibility index (Phi) is 5.10. The minimum atomic E-state index is -0.733. The van der Waals surface area contributed by atoms with Crippen LogP contribution in [0, 0.1) is 13.8 Å². The average molecular weight is 549 g/mol. The van der Waals surface area contributed by atoms with E-state index in [1.54, 1.807) is 0 Å². The lowest BCUT2D eigenvalue weighted by molar-refractivity contribution is -0.0492. The summed E-state index contributed by atoms with van der Waals surface area (Å²) < 4.78 is 25.6. The zero-order valence-corrected chi connectivity index (χ0v) is 25.2. The van der Waals surface area contributed by atoms with Crippen LogP contribution >= 0.6 is 47.0 Å². The second-order valence-corrected chi connectivity index (χ2v) is 18.5. The Morgan fingerprint density at radius 3 is 1.29 bits per heavy atom. The zero-order chi connectivity index (χ0) is 25.3. The second kappa shape index (κ2) is 7.33. The topological polar surface area (TPSA) is 36.9 Å². The number of hydrogen-bond acceptors (Lipinski definition) is 8. The lowest BCUT2D eigenvalue weighted by Gasteiger charge is -2.20. The first kappa shape index (κ1) is 24.4. The highest BCUT2D eigenvalue weighted by molar-refractivity contribution is 8.21. The molecule has 2 aromatic rings. The van der Waals surface area contributed by atoms with Crippen molar-refractivity contribution in [3.63, 3.8) is 0 Å². The molecule has 0 fully saturated rings. The zero-order valence-electron chi connectivity index (χ0n) is 22.0. The number of thioether (sulfide) groups is 4. The molecular weight excluding hydrogens is 517 g/mol. The lowest BCUT2D eigenvalue weighted by Crippen LogP contribution is -2.31. The van der Waals surface area contributed by atoms with Crippen molar-refractivity contribution in [3.05, 3.63) is 22.3 Å². The van der Waals surface area contributed by atoms with Crippen LogP contribution < -0.4 is 18.9 Å². The quantitative estimate of drug-likeness (QED) is 0.369. The fourth-order valence-corrected chi connectivity index (χ4v) is 11.1. The lowest BCUT2D eigenvalue weighted by atomic mass is 9.98. The first-order chi connectivity index (χ1) is 16.1. The Hall–Kier alpha value is -0.960. The maximum atomic E-state index is 6.43. The van der Waals surface area contributed by atoms with Crippen LogP contribution in [0.1, 0.15) is 77.6 Å². The first-order valence-electron chi connectivity index (χ1n) is 12.0. The van der Waals surface area contributed by atoms with Crippen LogP contribution in [0.25, 0.3) is 0 Å². The highest BCUT2D eigenvalue weighted by atomic mass is 32.2. The van der Waals surface area contributed by atoms with Crippen LogP contribution in [0.4, 0.5) is 0 Å². The molecule has 0 amide bonds. The molecule has 4 aliphatic rings. The molecule has 0 atom stereocenters. The monoisotopic (exact) mass is 548 g/mol. The predicted octanol–water partition coefficient (Wildman–Crippen LogP) is 8.78. The molecule has 2 aromatic carbocycles. The Balaban J connectivity index is 1.59. The van der Waals surface area contributed by atoms with Crippen LogP contribution in [-0.2, 0) is 6.42 Å². The maximum absolute atomic E-state index is 6.43. The number of hydrogen-bond donors (Lipinski definition) is 0.